The van der Waals surface area contributed by atoms with Crippen LogP contribution in [0.2, 0.25) is 0 Å². The Morgan fingerprint density at radius 1 is 1.00 bits per heavy atom. The molecule has 134 valence electrons. The van der Waals surface area contributed by atoms with E-state index >= 15 is 0 Å². The average Bonchev–Trinajstić information content (AvgIpc) is 2.73. The molecule has 1 atom stereocenters. The molecule has 3 rings (SSSR count). The zero-order valence-corrected chi connectivity index (χ0v) is 14.6. The van der Waals surface area contributed by atoms with Crippen LogP contribution < -0.4 is 0 Å². The summed E-state index contributed by atoms with van der Waals surface area (Å²) in [6, 6.07) is 18.5. The van der Waals surface area contributed by atoms with Gasteiger partial charge in [-0.1, -0.05) is 24.3 Å². The highest BCUT2D eigenvalue weighted by molar-refractivity contribution is 5.33. The second-order valence-corrected chi connectivity index (χ2v) is 5.89. The molecule has 1 fully saturated rings. The molecule has 1 aliphatic rings. The maximum absolute atomic E-state index is 8.76. The highest BCUT2D eigenvalue weighted by Gasteiger charge is 2.13. The monoisotopic (exact) mass is 350 g/mol. The minimum Gasteiger partial charge on any atom is -0.392 e. The predicted octanol–water partition coefficient (Wildman–Crippen LogP) is 3.65. The molecule has 2 aromatic rings. The molecule has 1 heterocycles. The van der Waals surface area contributed by atoms with E-state index < -0.39 is 0 Å². The maximum Gasteiger partial charge on any atom is 0.158 e. The smallest absolute Gasteiger partial charge is 0.158 e. The number of ether oxygens (including phenoxy) is 2. The van der Waals surface area contributed by atoms with Crippen LogP contribution in [0.3, 0.4) is 0 Å². The van der Waals surface area contributed by atoms with Gasteiger partial charge in [-0.2, -0.15) is 10.5 Å². The van der Waals surface area contributed by atoms with Crippen molar-refractivity contribution in [2.45, 2.75) is 38.8 Å². The van der Waals surface area contributed by atoms with Gasteiger partial charge < -0.3 is 14.6 Å². The number of nitrogens with zero attached hydrogens (tertiary/aromatic N) is 2. The highest BCUT2D eigenvalue weighted by Crippen LogP contribution is 2.16. The van der Waals surface area contributed by atoms with Crippen LogP contribution in [0, 0.1) is 22.7 Å². The molecule has 0 aliphatic carbocycles. The van der Waals surface area contributed by atoms with Crippen molar-refractivity contribution in [3.8, 4) is 12.1 Å². The molecular weight excluding hydrogens is 328 g/mol. The summed E-state index contributed by atoms with van der Waals surface area (Å²) >= 11 is 0. The summed E-state index contributed by atoms with van der Waals surface area (Å²) in [4.78, 5) is 0. The molecule has 5 nitrogen and oxygen atoms in total. The average molecular weight is 350 g/mol. The fraction of sp³-hybridized carbons (Fsp3) is 0.333. The Hall–Kier alpha value is -2.70. The maximum atomic E-state index is 8.76. The Kier molecular flexibility index (Phi) is 8.32. The molecular formula is C21H22N2O3. The summed E-state index contributed by atoms with van der Waals surface area (Å²) in [7, 11) is 0. The number of rotatable bonds is 4. The van der Waals surface area contributed by atoms with Gasteiger partial charge in [0.15, 0.2) is 6.29 Å². The summed E-state index contributed by atoms with van der Waals surface area (Å²) < 4.78 is 11.1. The van der Waals surface area contributed by atoms with Crippen LogP contribution in [-0.2, 0) is 22.7 Å². The number of hydrogen-bond donors (Lipinski definition) is 1. The van der Waals surface area contributed by atoms with Crippen LogP contribution in [0.4, 0.5) is 0 Å². The van der Waals surface area contributed by atoms with Crippen LogP contribution in [0.1, 0.15) is 41.5 Å². The normalized spacial score (nSPS) is 15.9. The van der Waals surface area contributed by atoms with Crippen molar-refractivity contribution in [1.82, 2.24) is 0 Å². The van der Waals surface area contributed by atoms with Gasteiger partial charge in [0, 0.05) is 6.61 Å². The van der Waals surface area contributed by atoms with E-state index in [0.717, 1.165) is 30.6 Å². The van der Waals surface area contributed by atoms with Crippen molar-refractivity contribution < 1.29 is 14.6 Å². The van der Waals surface area contributed by atoms with Gasteiger partial charge in [-0.15, -0.1) is 0 Å². The molecule has 1 saturated heterocycles. The number of benzene rings is 2. The molecule has 26 heavy (non-hydrogen) atoms. The van der Waals surface area contributed by atoms with Crippen LogP contribution in [0.25, 0.3) is 0 Å². The number of nitriles is 2. The van der Waals surface area contributed by atoms with E-state index in [9.17, 15) is 0 Å². The van der Waals surface area contributed by atoms with Crippen LogP contribution in [0.15, 0.2) is 48.5 Å². The van der Waals surface area contributed by atoms with Crippen molar-refractivity contribution in [3.63, 3.8) is 0 Å². The lowest BCUT2D eigenvalue weighted by molar-refractivity contribution is -0.168. The molecule has 0 bridgehead atoms. The Balaban J connectivity index is 0.000000209. The first-order valence-corrected chi connectivity index (χ1v) is 8.57. The zero-order chi connectivity index (χ0) is 18.6. The zero-order valence-electron chi connectivity index (χ0n) is 14.6. The predicted molar refractivity (Wildman–Crippen MR) is 96.6 cm³/mol. The van der Waals surface area contributed by atoms with Gasteiger partial charge in [-0.05, 0) is 54.7 Å². The molecule has 2 aromatic carbocycles. The van der Waals surface area contributed by atoms with Crippen LogP contribution in [-0.4, -0.2) is 18.0 Å². The van der Waals surface area contributed by atoms with E-state index in [1.54, 1.807) is 30.3 Å². The lowest BCUT2D eigenvalue weighted by atomic mass is 10.1. The molecule has 1 aliphatic heterocycles. The Labute approximate surface area is 154 Å². The van der Waals surface area contributed by atoms with Gasteiger partial charge >= 0.3 is 0 Å². The third-order valence-electron chi connectivity index (χ3n) is 3.87. The molecule has 0 aromatic heterocycles. The summed E-state index contributed by atoms with van der Waals surface area (Å²) in [5.74, 6) is 0. The van der Waals surface area contributed by atoms with Gasteiger partial charge in [-0.25, -0.2) is 0 Å². The van der Waals surface area contributed by atoms with Crippen molar-refractivity contribution in [2.75, 3.05) is 6.61 Å². The molecule has 1 unspecified atom stereocenters. The molecule has 0 radical (unpaired) electrons. The minimum absolute atomic E-state index is 0.00444. The van der Waals surface area contributed by atoms with Crippen molar-refractivity contribution in [1.29, 1.82) is 10.5 Å². The van der Waals surface area contributed by atoms with E-state index in [0.29, 0.717) is 17.7 Å². The minimum atomic E-state index is -0.0699. The summed E-state index contributed by atoms with van der Waals surface area (Å²) in [6.07, 6.45) is 3.20. The van der Waals surface area contributed by atoms with E-state index in [1.165, 1.54) is 6.42 Å². The number of hydrogen-bond acceptors (Lipinski definition) is 5. The molecule has 0 spiro atoms. The fourth-order valence-corrected chi connectivity index (χ4v) is 2.50. The van der Waals surface area contributed by atoms with Crippen molar-refractivity contribution in [2.24, 2.45) is 0 Å². The summed E-state index contributed by atoms with van der Waals surface area (Å²) in [6.45, 7) is 1.30. The molecule has 0 amide bonds. The molecule has 0 saturated carbocycles. The second-order valence-electron chi connectivity index (χ2n) is 5.89. The van der Waals surface area contributed by atoms with Crippen LogP contribution in [0.5, 0.6) is 0 Å². The van der Waals surface area contributed by atoms with Gasteiger partial charge in [0.05, 0.1) is 36.5 Å². The third-order valence-corrected chi connectivity index (χ3v) is 3.87. The van der Waals surface area contributed by atoms with Crippen molar-refractivity contribution >= 4 is 0 Å². The quantitative estimate of drug-likeness (QED) is 0.909. The lowest BCUT2D eigenvalue weighted by Gasteiger charge is -2.22. The largest absolute Gasteiger partial charge is 0.392 e. The van der Waals surface area contributed by atoms with Gasteiger partial charge in [0.1, 0.15) is 0 Å². The van der Waals surface area contributed by atoms with Gasteiger partial charge in [0.2, 0.25) is 0 Å². The first-order chi connectivity index (χ1) is 12.7. The van der Waals surface area contributed by atoms with Crippen LogP contribution >= 0.6 is 0 Å². The van der Waals surface area contributed by atoms with Crippen molar-refractivity contribution in [3.05, 3.63) is 70.8 Å². The number of aliphatic hydroxyl groups excluding tert-OH is 1. The topological polar surface area (TPSA) is 86.3 Å². The first-order valence-electron chi connectivity index (χ1n) is 8.57. The summed E-state index contributed by atoms with van der Waals surface area (Å²) in [5.41, 5.74) is 3.06. The standard InChI is InChI=1S/C13H15NO2.C8H7NO/c14-9-11-4-3-5-12(8-11)10-16-13-6-1-2-7-15-13;9-5-7-2-1-3-8(4-7)6-10/h3-5,8,13H,1-2,6-7,10H2;1-4,10H,6H2. The number of aliphatic hydroxyl groups is 1. The van der Waals surface area contributed by atoms with E-state index in [1.807, 2.05) is 24.3 Å². The first kappa shape index (κ1) is 19.6. The van der Waals surface area contributed by atoms with E-state index in [4.69, 9.17) is 25.1 Å². The van der Waals surface area contributed by atoms with E-state index in [2.05, 4.69) is 6.07 Å². The third kappa shape index (κ3) is 6.66. The lowest BCUT2D eigenvalue weighted by Crippen LogP contribution is -2.21. The second kappa shape index (κ2) is 11.0. The molecule has 1 N–H and O–H groups in total. The van der Waals surface area contributed by atoms with Gasteiger partial charge in [0.25, 0.3) is 0 Å². The van der Waals surface area contributed by atoms with Gasteiger partial charge in [-0.3, -0.25) is 0 Å². The highest BCUT2D eigenvalue weighted by atomic mass is 16.7. The fourth-order valence-electron chi connectivity index (χ4n) is 2.50. The Morgan fingerprint density at radius 2 is 1.65 bits per heavy atom. The Bertz CT molecular complexity index is 771. The molecule has 5 heteroatoms. The SMILES string of the molecule is N#Cc1cccc(CO)c1.N#Cc1cccc(COC2CCCCO2)c1. The summed E-state index contributed by atoms with van der Waals surface area (Å²) in [5, 5.41) is 25.8. The Morgan fingerprint density at radius 3 is 2.23 bits per heavy atom. The van der Waals surface area contributed by atoms with E-state index in [-0.39, 0.29) is 12.9 Å².